The lowest BCUT2D eigenvalue weighted by Gasteiger charge is -2.47. The number of thiazole rings is 1. The number of rotatable bonds is 3. The molecule has 1 N–H and O–H groups in total. The zero-order valence-corrected chi connectivity index (χ0v) is 16.1. The van der Waals surface area contributed by atoms with E-state index in [9.17, 15) is 18.0 Å². The second-order valence-corrected chi connectivity index (χ2v) is 7.87. The van der Waals surface area contributed by atoms with Crippen molar-refractivity contribution in [2.45, 2.75) is 18.4 Å². The third kappa shape index (κ3) is 2.69. The van der Waals surface area contributed by atoms with Crippen molar-refractivity contribution in [3.63, 3.8) is 0 Å². The van der Waals surface area contributed by atoms with E-state index >= 15 is 0 Å². The molecular weight excluding hydrogens is 415 g/mol. The highest BCUT2D eigenvalue weighted by atomic mass is 32.1. The highest BCUT2D eigenvalue weighted by molar-refractivity contribution is 7.18. The van der Waals surface area contributed by atoms with E-state index in [4.69, 9.17) is 4.42 Å². The summed E-state index contributed by atoms with van der Waals surface area (Å²) in [5.41, 5.74) is -2.14. The number of hydrogen-bond donors (Lipinski definition) is 1. The Balaban J connectivity index is 1.78. The Morgan fingerprint density at radius 1 is 1.07 bits per heavy atom. The predicted molar refractivity (Wildman–Crippen MR) is 106 cm³/mol. The van der Waals surface area contributed by atoms with Gasteiger partial charge in [-0.1, -0.05) is 24.3 Å². The molecule has 5 rings (SSSR count). The summed E-state index contributed by atoms with van der Waals surface area (Å²) < 4.78 is 50.4. The van der Waals surface area contributed by atoms with E-state index < -0.39 is 17.7 Å². The Hall–Kier alpha value is -3.33. The zero-order chi connectivity index (χ0) is 20.9. The summed E-state index contributed by atoms with van der Waals surface area (Å²) in [4.78, 5) is 18.3. The monoisotopic (exact) mass is 429 g/mol. The third-order valence-corrected chi connectivity index (χ3v) is 6.18. The van der Waals surface area contributed by atoms with E-state index in [1.807, 2.05) is 0 Å². The summed E-state index contributed by atoms with van der Waals surface area (Å²) in [5, 5.41) is 2.35. The number of halogens is 3. The molecule has 2 aromatic heterocycles. The molecule has 0 spiro atoms. The van der Waals surface area contributed by atoms with Crippen LogP contribution >= 0.6 is 11.3 Å². The number of carbonyl (C=O) groups is 1. The maximum Gasteiger partial charge on any atom is 0.437 e. The molecule has 1 aliphatic heterocycles. The molecule has 0 saturated carbocycles. The fourth-order valence-electron chi connectivity index (χ4n) is 3.63. The molecule has 30 heavy (non-hydrogen) atoms. The first-order chi connectivity index (χ1) is 14.4. The number of carbonyl (C=O) groups excluding carboxylic acids is 1. The van der Waals surface area contributed by atoms with Gasteiger partial charge in [0.05, 0.1) is 28.6 Å². The lowest BCUT2D eigenvalue weighted by molar-refractivity contribution is -0.221. The largest absolute Gasteiger partial charge is 0.467 e. The maximum atomic E-state index is 14.8. The Morgan fingerprint density at radius 2 is 1.83 bits per heavy atom. The van der Waals surface area contributed by atoms with E-state index in [1.165, 1.54) is 24.5 Å². The van der Waals surface area contributed by atoms with Gasteiger partial charge in [0.15, 0.2) is 0 Å². The van der Waals surface area contributed by atoms with Gasteiger partial charge in [-0.2, -0.15) is 13.2 Å². The van der Waals surface area contributed by atoms with Crippen LogP contribution in [0, 0.1) is 0 Å². The lowest BCUT2D eigenvalue weighted by Crippen LogP contribution is -2.64. The lowest BCUT2D eigenvalue weighted by atomic mass is 9.98. The van der Waals surface area contributed by atoms with Crippen molar-refractivity contribution in [3.8, 4) is 0 Å². The van der Waals surface area contributed by atoms with Crippen molar-refractivity contribution < 1.29 is 22.4 Å². The molecule has 1 atom stereocenters. The molecule has 0 bridgehead atoms. The van der Waals surface area contributed by atoms with Crippen LogP contribution < -0.4 is 5.32 Å². The summed E-state index contributed by atoms with van der Waals surface area (Å²) >= 11 is 0.904. The first-order valence-corrected chi connectivity index (χ1v) is 9.86. The van der Waals surface area contributed by atoms with Gasteiger partial charge in [-0.05, 0) is 36.4 Å². The van der Waals surface area contributed by atoms with Crippen molar-refractivity contribution in [2.75, 3.05) is 5.32 Å². The Labute approximate surface area is 172 Å². The predicted octanol–water partition coefficient (Wildman–Crippen LogP) is 5.37. The smallest absolute Gasteiger partial charge is 0.437 e. The summed E-state index contributed by atoms with van der Waals surface area (Å²) in [6.07, 6.45) is -3.51. The molecule has 0 aliphatic carbocycles. The number of furan rings is 1. The van der Waals surface area contributed by atoms with Gasteiger partial charge in [0.2, 0.25) is 0 Å². The van der Waals surface area contributed by atoms with Gasteiger partial charge in [0.25, 0.3) is 11.6 Å². The van der Waals surface area contributed by atoms with Crippen molar-refractivity contribution in [2.24, 2.45) is 0 Å². The molecule has 9 heteroatoms. The molecule has 0 radical (unpaired) electrons. The molecule has 0 fully saturated rings. The number of nitrogens with zero attached hydrogens (tertiary/aromatic N) is 2. The van der Waals surface area contributed by atoms with Crippen LogP contribution in [0.4, 0.5) is 18.9 Å². The van der Waals surface area contributed by atoms with Crippen LogP contribution in [-0.2, 0) is 12.2 Å². The quantitative estimate of drug-likeness (QED) is 0.476. The third-order valence-electron chi connectivity index (χ3n) is 5.03. The van der Waals surface area contributed by atoms with E-state index in [1.54, 1.807) is 42.5 Å². The van der Waals surface area contributed by atoms with E-state index in [0.29, 0.717) is 10.2 Å². The highest BCUT2D eigenvalue weighted by Crippen LogP contribution is 2.50. The number of para-hydroxylation sites is 2. The molecule has 3 heterocycles. The fourth-order valence-corrected chi connectivity index (χ4v) is 4.77. The number of nitrogens with one attached hydrogen (secondary N) is 1. The van der Waals surface area contributed by atoms with Crippen LogP contribution in [0.1, 0.15) is 21.1 Å². The SMILES string of the molecule is O=C1c2ccccc2NC(c2nc3ccccc3s2)(C(F)(F)F)N1Cc1ccco1. The number of hydrogen-bond acceptors (Lipinski definition) is 5. The van der Waals surface area contributed by atoms with Crippen LogP contribution in [0.2, 0.25) is 0 Å². The summed E-state index contributed by atoms with van der Waals surface area (Å²) in [7, 11) is 0. The van der Waals surface area contributed by atoms with Gasteiger partial charge in [0, 0.05) is 5.69 Å². The molecule has 1 aliphatic rings. The second-order valence-electron chi connectivity index (χ2n) is 6.84. The normalized spacial score (nSPS) is 19.0. The molecule has 1 unspecified atom stereocenters. The average Bonchev–Trinajstić information content (AvgIpc) is 3.38. The van der Waals surface area contributed by atoms with Gasteiger partial charge in [-0.25, -0.2) is 4.98 Å². The molecule has 5 nitrogen and oxygen atoms in total. The second kappa shape index (κ2) is 6.60. The number of fused-ring (bicyclic) bond motifs is 2. The van der Waals surface area contributed by atoms with E-state index in [0.717, 1.165) is 16.2 Å². The van der Waals surface area contributed by atoms with Crippen molar-refractivity contribution in [1.29, 1.82) is 0 Å². The average molecular weight is 429 g/mol. The Morgan fingerprint density at radius 3 is 2.57 bits per heavy atom. The minimum Gasteiger partial charge on any atom is -0.467 e. The minimum absolute atomic E-state index is 0.106. The zero-order valence-electron chi connectivity index (χ0n) is 15.3. The van der Waals surface area contributed by atoms with Gasteiger partial charge in [0.1, 0.15) is 10.8 Å². The number of benzene rings is 2. The van der Waals surface area contributed by atoms with Crippen LogP contribution in [-0.4, -0.2) is 22.0 Å². The molecule has 0 saturated heterocycles. The molecule has 152 valence electrons. The summed E-state index contributed by atoms with van der Waals surface area (Å²) in [5.74, 6) is -0.517. The molecule has 2 aromatic carbocycles. The van der Waals surface area contributed by atoms with Crippen LogP contribution in [0.3, 0.4) is 0 Å². The first kappa shape index (κ1) is 18.7. The van der Waals surface area contributed by atoms with Crippen molar-refractivity contribution in [1.82, 2.24) is 9.88 Å². The molecule has 4 aromatic rings. The summed E-state index contributed by atoms with van der Waals surface area (Å²) in [6.45, 7) is -0.372. The highest BCUT2D eigenvalue weighted by Gasteiger charge is 2.65. The first-order valence-electron chi connectivity index (χ1n) is 9.04. The van der Waals surface area contributed by atoms with E-state index in [-0.39, 0.29) is 28.6 Å². The van der Waals surface area contributed by atoms with Crippen molar-refractivity contribution >= 4 is 33.1 Å². The van der Waals surface area contributed by atoms with Gasteiger partial charge in [-0.3, -0.25) is 9.69 Å². The van der Waals surface area contributed by atoms with Gasteiger partial charge >= 0.3 is 6.18 Å². The Bertz CT molecular complexity index is 1200. The standard InChI is InChI=1S/C21H14F3N3O2S/c22-21(23,24)20(19-25-16-9-3-4-10-17(16)30-19)26-15-8-2-1-7-14(15)18(28)27(20)12-13-6-5-11-29-13/h1-11,26H,12H2. The fraction of sp³-hybridized carbons (Fsp3) is 0.143. The number of aromatic nitrogens is 1. The number of anilines is 1. The molecular formula is C21H14F3N3O2S. The van der Waals surface area contributed by atoms with Crippen LogP contribution in [0.15, 0.2) is 71.3 Å². The minimum atomic E-state index is -4.86. The van der Waals surface area contributed by atoms with Crippen LogP contribution in [0.25, 0.3) is 10.2 Å². The number of alkyl halides is 3. The Kier molecular flexibility index (Phi) is 4.11. The molecule has 1 amide bonds. The maximum absolute atomic E-state index is 14.8. The topological polar surface area (TPSA) is 58.4 Å². The number of amides is 1. The van der Waals surface area contributed by atoms with Gasteiger partial charge in [-0.15, -0.1) is 11.3 Å². The summed E-state index contributed by atoms with van der Waals surface area (Å²) in [6, 6.07) is 16.1. The van der Waals surface area contributed by atoms with Crippen LogP contribution in [0.5, 0.6) is 0 Å². The van der Waals surface area contributed by atoms with Gasteiger partial charge < -0.3 is 9.73 Å². The van der Waals surface area contributed by atoms with Crippen molar-refractivity contribution in [3.05, 3.63) is 83.3 Å². The van der Waals surface area contributed by atoms with E-state index in [2.05, 4.69) is 10.3 Å².